The van der Waals surface area contributed by atoms with Gasteiger partial charge in [-0.2, -0.15) is 15.1 Å². The molecule has 1 aliphatic heterocycles. The van der Waals surface area contributed by atoms with Gasteiger partial charge in [0.05, 0.1) is 31.0 Å². The van der Waals surface area contributed by atoms with Crippen molar-refractivity contribution < 1.29 is 4.79 Å². The van der Waals surface area contributed by atoms with Crippen molar-refractivity contribution in [2.24, 2.45) is 5.92 Å². The first-order valence-corrected chi connectivity index (χ1v) is 9.40. The number of nitrogens with one attached hydrogen (secondary N) is 1. The second kappa shape index (κ2) is 7.05. The van der Waals surface area contributed by atoms with E-state index in [1.165, 1.54) is 0 Å². The third kappa shape index (κ3) is 3.67. The van der Waals surface area contributed by atoms with E-state index in [1.54, 1.807) is 0 Å². The molecular formula is C18H26N8O. The highest BCUT2D eigenvalue weighted by atomic mass is 16.1. The van der Waals surface area contributed by atoms with Crippen LogP contribution >= 0.6 is 0 Å². The second-order valence-corrected chi connectivity index (χ2v) is 7.45. The third-order valence-electron chi connectivity index (χ3n) is 5.27. The summed E-state index contributed by atoms with van der Waals surface area (Å²) >= 11 is 0. The molecule has 2 aromatic rings. The van der Waals surface area contributed by atoms with Crippen LogP contribution in [0.3, 0.4) is 0 Å². The van der Waals surface area contributed by atoms with Gasteiger partial charge in [0.15, 0.2) is 0 Å². The van der Waals surface area contributed by atoms with Crippen LogP contribution in [0.25, 0.3) is 0 Å². The minimum absolute atomic E-state index is 0.154. The number of amides is 1. The Hall–Kier alpha value is -2.84. The van der Waals surface area contributed by atoms with Crippen LogP contribution in [0.4, 0.5) is 17.6 Å². The van der Waals surface area contributed by atoms with Gasteiger partial charge in [-0.3, -0.25) is 9.48 Å². The van der Waals surface area contributed by atoms with Gasteiger partial charge < -0.3 is 20.9 Å². The lowest BCUT2D eigenvalue weighted by atomic mass is 9.85. The molecule has 3 N–H and O–H groups in total. The van der Waals surface area contributed by atoms with E-state index < -0.39 is 0 Å². The molecule has 9 heteroatoms. The van der Waals surface area contributed by atoms with Crippen LogP contribution in [-0.2, 0) is 24.4 Å². The Morgan fingerprint density at radius 3 is 2.81 bits per heavy atom. The summed E-state index contributed by atoms with van der Waals surface area (Å²) in [5, 5.41) is 7.64. The summed E-state index contributed by atoms with van der Waals surface area (Å²) in [5.74, 6) is 2.23. The number of carbonyl (C=O) groups is 1. The van der Waals surface area contributed by atoms with Gasteiger partial charge in [-0.15, -0.1) is 0 Å². The zero-order valence-corrected chi connectivity index (χ0v) is 15.9. The summed E-state index contributed by atoms with van der Waals surface area (Å²) in [6.45, 7) is 2.76. The summed E-state index contributed by atoms with van der Waals surface area (Å²) in [4.78, 5) is 24.8. The van der Waals surface area contributed by atoms with Crippen LogP contribution in [0, 0.1) is 5.92 Å². The number of fused-ring (bicyclic) bond motifs is 1. The molecule has 9 nitrogen and oxygen atoms in total. The summed E-state index contributed by atoms with van der Waals surface area (Å²) < 4.78 is 2.01. The number of anilines is 3. The lowest BCUT2D eigenvalue weighted by molar-refractivity contribution is -0.127. The molecule has 0 radical (unpaired) electrons. The van der Waals surface area contributed by atoms with Crippen molar-refractivity contribution in [2.75, 3.05) is 36.2 Å². The summed E-state index contributed by atoms with van der Waals surface area (Å²) in [6, 6.07) is 4.01. The first-order valence-electron chi connectivity index (χ1n) is 9.40. The van der Waals surface area contributed by atoms with Gasteiger partial charge >= 0.3 is 0 Å². The van der Waals surface area contributed by atoms with Gasteiger partial charge in [0, 0.05) is 32.6 Å². The molecule has 0 saturated heterocycles. The van der Waals surface area contributed by atoms with Crippen molar-refractivity contribution in [3.8, 4) is 0 Å². The van der Waals surface area contributed by atoms with E-state index in [0.717, 1.165) is 55.4 Å². The topological polar surface area (TPSA) is 105 Å². The van der Waals surface area contributed by atoms with Crippen LogP contribution in [0.15, 0.2) is 12.1 Å². The summed E-state index contributed by atoms with van der Waals surface area (Å²) in [5.41, 5.74) is 7.89. The second-order valence-electron chi connectivity index (χ2n) is 7.45. The fourth-order valence-electron chi connectivity index (χ4n) is 3.43. The van der Waals surface area contributed by atoms with E-state index in [4.69, 9.17) is 5.73 Å². The molecule has 144 valence electrons. The predicted molar refractivity (Wildman–Crippen MR) is 103 cm³/mol. The van der Waals surface area contributed by atoms with E-state index in [0.29, 0.717) is 13.1 Å². The molecule has 2 aliphatic rings. The smallest absolute Gasteiger partial charge is 0.223 e. The SMILES string of the molecule is CN(C)c1cc(N2CCn3nc(CNC(=O)C4CCC4)cc3C2)nc(N)n1. The van der Waals surface area contributed by atoms with Gasteiger partial charge in [-0.25, -0.2) is 0 Å². The van der Waals surface area contributed by atoms with Crippen LogP contribution in [0.2, 0.25) is 0 Å². The monoisotopic (exact) mass is 370 g/mol. The zero-order chi connectivity index (χ0) is 19.0. The molecule has 3 heterocycles. The number of nitrogens with zero attached hydrogens (tertiary/aromatic N) is 6. The maximum Gasteiger partial charge on any atom is 0.223 e. The number of nitrogen functional groups attached to an aromatic ring is 1. The Bertz CT molecular complexity index is 842. The quantitative estimate of drug-likeness (QED) is 0.800. The van der Waals surface area contributed by atoms with Crippen molar-refractivity contribution in [3.63, 3.8) is 0 Å². The van der Waals surface area contributed by atoms with E-state index in [1.807, 2.05) is 29.7 Å². The van der Waals surface area contributed by atoms with Crippen molar-refractivity contribution in [1.29, 1.82) is 0 Å². The molecule has 27 heavy (non-hydrogen) atoms. The van der Waals surface area contributed by atoms with Gasteiger partial charge in [-0.1, -0.05) is 6.42 Å². The van der Waals surface area contributed by atoms with E-state index >= 15 is 0 Å². The highest BCUT2D eigenvalue weighted by Crippen LogP contribution is 2.26. The molecule has 0 spiro atoms. The lowest BCUT2D eigenvalue weighted by Gasteiger charge is -2.29. The number of carbonyl (C=O) groups excluding carboxylic acids is 1. The van der Waals surface area contributed by atoms with Crippen LogP contribution < -0.4 is 20.9 Å². The number of rotatable bonds is 5. The van der Waals surface area contributed by atoms with Gasteiger partial charge in [0.2, 0.25) is 11.9 Å². The Morgan fingerprint density at radius 2 is 2.11 bits per heavy atom. The molecule has 0 atom stereocenters. The van der Waals surface area contributed by atoms with Crippen molar-refractivity contribution in [2.45, 2.75) is 38.9 Å². The standard InChI is InChI=1S/C18H26N8O/c1-24(2)15-9-16(22-18(19)21-15)25-6-7-26-14(11-25)8-13(23-26)10-20-17(27)12-4-3-5-12/h8-9,12H,3-7,10-11H2,1-2H3,(H,20,27)(H2,19,21,22). The number of nitrogens with two attached hydrogens (primary N) is 1. The highest BCUT2D eigenvalue weighted by molar-refractivity contribution is 5.79. The molecule has 1 fully saturated rings. The van der Waals surface area contributed by atoms with Gasteiger partial charge in [0.1, 0.15) is 11.6 Å². The Morgan fingerprint density at radius 1 is 1.30 bits per heavy atom. The third-order valence-corrected chi connectivity index (χ3v) is 5.27. The molecule has 2 aromatic heterocycles. The lowest BCUT2D eigenvalue weighted by Crippen LogP contribution is -2.35. The van der Waals surface area contributed by atoms with Crippen LogP contribution in [0.5, 0.6) is 0 Å². The van der Waals surface area contributed by atoms with E-state index in [2.05, 4.69) is 31.3 Å². The Labute approximate surface area is 158 Å². The predicted octanol–water partition coefficient (Wildman–Crippen LogP) is 0.758. The molecule has 0 bridgehead atoms. The average molecular weight is 370 g/mol. The largest absolute Gasteiger partial charge is 0.368 e. The zero-order valence-electron chi connectivity index (χ0n) is 15.9. The summed E-state index contributed by atoms with van der Waals surface area (Å²) in [7, 11) is 3.86. The molecule has 0 aromatic carbocycles. The Balaban J connectivity index is 1.44. The van der Waals surface area contributed by atoms with E-state index in [9.17, 15) is 4.79 Å². The Kier molecular flexibility index (Phi) is 4.59. The fourth-order valence-corrected chi connectivity index (χ4v) is 3.43. The van der Waals surface area contributed by atoms with Crippen molar-refractivity contribution in [1.82, 2.24) is 25.1 Å². The summed E-state index contributed by atoms with van der Waals surface area (Å²) in [6.07, 6.45) is 3.19. The minimum atomic E-state index is 0.154. The molecular weight excluding hydrogens is 344 g/mol. The first-order chi connectivity index (χ1) is 13.0. The maximum atomic E-state index is 12.0. The first kappa shape index (κ1) is 17.6. The minimum Gasteiger partial charge on any atom is -0.368 e. The average Bonchev–Trinajstić information content (AvgIpc) is 3.00. The number of hydrogen-bond acceptors (Lipinski definition) is 7. The molecule has 1 saturated carbocycles. The molecule has 4 rings (SSSR count). The molecule has 1 amide bonds. The molecule has 1 aliphatic carbocycles. The number of hydrogen-bond donors (Lipinski definition) is 2. The van der Waals surface area contributed by atoms with Crippen molar-refractivity contribution >= 4 is 23.5 Å². The normalized spacial score (nSPS) is 16.6. The van der Waals surface area contributed by atoms with Gasteiger partial charge in [0.25, 0.3) is 0 Å². The fraction of sp³-hybridized carbons (Fsp3) is 0.556. The molecule has 0 unspecified atom stereocenters. The van der Waals surface area contributed by atoms with E-state index in [-0.39, 0.29) is 17.8 Å². The van der Waals surface area contributed by atoms with Crippen molar-refractivity contribution in [3.05, 3.63) is 23.5 Å². The maximum absolute atomic E-state index is 12.0. The van der Waals surface area contributed by atoms with Crippen LogP contribution in [-0.4, -0.2) is 46.3 Å². The number of aromatic nitrogens is 4. The highest BCUT2D eigenvalue weighted by Gasteiger charge is 2.25. The van der Waals surface area contributed by atoms with Crippen LogP contribution in [0.1, 0.15) is 30.7 Å². The van der Waals surface area contributed by atoms with Gasteiger partial charge in [-0.05, 0) is 18.9 Å².